The predicted octanol–water partition coefficient (Wildman–Crippen LogP) is 3.45. The fourth-order valence-corrected chi connectivity index (χ4v) is 2.09. The number of benzene rings is 2. The van der Waals surface area contributed by atoms with Crippen molar-refractivity contribution in [2.75, 3.05) is 11.9 Å². The third kappa shape index (κ3) is 2.90. The molecule has 0 saturated carbocycles. The van der Waals surface area contributed by atoms with E-state index in [2.05, 4.69) is 31.3 Å². The molecule has 0 heterocycles. The number of aliphatic hydroxyl groups excluding tert-OH is 1. The number of hydrogen-bond acceptors (Lipinski definition) is 2. The Labute approximate surface area is 108 Å². The van der Waals surface area contributed by atoms with Gasteiger partial charge in [0.1, 0.15) is 0 Å². The van der Waals surface area contributed by atoms with Crippen LogP contribution in [0.1, 0.15) is 22.8 Å². The maximum atomic E-state index is 10.1. The highest BCUT2D eigenvalue weighted by molar-refractivity contribution is 5.56. The molecule has 0 aliphatic heterocycles. The lowest BCUT2D eigenvalue weighted by atomic mass is 10.1. The summed E-state index contributed by atoms with van der Waals surface area (Å²) in [6, 6.07) is 15.9. The Balaban J connectivity index is 2.04. The quantitative estimate of drug-likeness (QED) is 0.859. The average molecular weight is 241 g/mol. The van der Waals surface area contributed by atoms with E-state index >= 15 is 0 Å². The minimum absolute atomic E-state index is 0.481. The van der Waals surface area contributed by atoms with Crippen LogP contribution < -0.4 is 5.32 Å². The fraction of sp³-hybridized carbons (Fsp3) is 0.250. The zero-order valence-corrected chi connectivity index (χ0v) is 10.9. The number of nitrogens with one attached hydrogen (secondary N) is 1. The largest absolute Gasteiger partial charge is 0.387 e. The first-order valence-corrected chi connectivity index (χ1v) is 6.21. The number of para-hydroxylation sites is 1. The second kappa shape index (κ2) is 5.69. The van der Waals surface area contributed by atoms with Crippen LogP contribution >= 0.6 is 0 Å². The number of anilines is 1. The van der Waals surface area contributed by atoms with Crippen LogP contribution in [-0.4, -0.2) is 11.7 Å². The molecular formula is C16H19NO. The third-order valence-corrected chi connectivity index (χ3v) is 3.14. The van der Waals surface area contributed by atoms with Crippen molar-refractivity contribution in [2.24, 2.45) is 0 Å². The van der Waals surface area contributed by atoms with E-state index in [0.29, 0.717) is 6.54 Å². The van der Waals surface area contributed by atoms with Gasteiger partial charge < -0.3 is 10.4 Å². The van der Waals surface area contributed by atoms with Gasteiger partial charge in [-0.2, -0.15) is 0 Å². The van der Waals surface area contributed by atoms with Crippen molar-refractivity contribution < 1.29 is 5.11 Å². The van der Waals surface area contributed by atoms with Crippen LogP contribution in [0.2, 0.25) is 0 Å². The van der Waals surface area contributed by atoms with Crippen molar-refractivity contribution in [2.45, 2.75) is 20.0 Å². The van der Waals surface area contributed by atoms with Crippen LogP contribution in [0.3, 0.4) is 0 Å². The normalized spacial score (nSPS) is 12.2. The molecule has 2 rings (SSSR count). The highest BCUT2D eigenvalue weighted by Gasteiger charge is 2.08. The summed E-state index contributed by atoms with van der Waals surface area (Å²) in [5, 5.41) is 13.4. The molecule has 0 radical (unpaired) electrons. The highest BCUT2D eigenvalue weighted by atomic mass is 16.3. The van der Waals surface area contributed by atoms with Gasteiger partial charge in [-0.1, -0.05) is 48.5 Å². The minimum Gasteiger partial charge on any atom is -0.387 e. The molecule has 2 nitrogen and oxygen atoms in total. The van der Waals surface area contributed by atoms with Crippen LogP contribution in [-0.2, 0) is 0 Å². The molecule has 0 fully saturated rings. The lowest BCUT2D eigenvalue weighted by Gasteiger charge is -2.16. The van der Waals surface area contributed by atoms with Gasteiger partial charge in [-0.05, 0) is 30.5 Å². The van der Waals surface area contributed by atoms with Crippen LogP contribution in [0, 0.1) is 13.8 Å². The topological polar surface area (TPSA) is 32.3 Å². The van der Waals surface area contributed by atoms with Crippen LogP contribution in [0.5, 0.6) is 0 Å². The van der Waals surface area contributed by atoms with Crippen molar-refractivity contribution in [3.05, 3.63) is 65.2 Å². The van der Waals surface area contributed by atoms with E-state index in [9.17, 15) is 5.11 Å². The zero-order chi connectivity index (χ0) is 13.0. The predicted molar refractivity (Wildman–Crippen MR) is 75.8 cm³/mol. The van der Waals surface area contributed by atoms with Crippen LogP contribution in [0.25, 0.3) is 0 Å². The van der Waals surface area contributed by atoms with Gasteiger partial charge in [0.05, 0.1) is 6.10 Å². The molecule has 0 aliphatic carbocycles. The Hall–Kier alpha value is -1.80. The molecule has 18 heavy (non-hydrogen) atoms. The lowest BCUT2D eigenvalue weighted by molar-refractivity contribution is 0.191. The Morgan fingerprint density at radius 3 is 2.17 bits per heavy atom. The molecule has 0 amide bonds. The van der Waals surface area contributed by atoms with Crippen molar-refractivity contribution in [1.29, 1.82) is 0 Å². The molecule has 1 unspecified atom stereocenters. The molecule has 0 bridgehead atoms. The molecule has 1 atom stereocenters. The van der Waals surface area contributed by atoms with E-state index < -0.39 is 6.10 Å². The van der Waals surface area contributed by atoms with Gasteiger partial charge in [0.25, 0.3) is 0 Å². The molecule has 2 N–H and O–H groups in total. The van der Waals surface area contributed by atoms with E-state index in [4.69, 9.17) is 0 Å². The first kappa shape index (κ1) is 12.7. The van der Waals surface area contributed by atoms with E-state index in [1.165, 1.54) is 11.1 Å². The molecule has 2 aromatic rings. The van der Waals surface area contributed by atoms with Gasteiger partial charge in [0, 0.05) is 12.2 Å². The molecule has 0 aromatic heterocycles. The van der Waals surface area contributed by atoms with Gasteiger partial charge in [-0.3, -0.25) is 0 Å². The maximum Gasteiger partial charge on any atom is 0.0962 e. The first-order chi connectivity index (χ1) is 8.68. The maximum absolute atomic E-state index is 10.1. The standard InChI is InChI=1S/C16H19NO/c1-12-7-6-8-13(2)16(12)17-11-15(18)14-9-4-3-5-10-14/h3-10,15,17-18H,11H2,1-2H3. The molecule has 2 heteroatoms. The van der Waals surface area contributed by atoms with Gasteiger partial charge >= 0.3 is 0 Å². The van der Waals surface area contributed by atoms with E-state index in [1.807, 2.05) is 36.4 Å². The summed E-state index contributed by atoms with van der Waals surface area (Å²) < 4.78 is 0. The molecule has 0 spiro atoms. The summed E-state index contributed by atoms with van der Waals surface area (Å²) in [6.07, 6.45) is -0.481. The molecule has 0 saturated heterocycles. The summed E-state index contributed by atoms with van der Waals surface area (Å²) in [7, 11) is 0. The van der Waals surface area contributed by atoms with E-state index in [1.54, 1.807) is 0 Å². The minimum atomic E-state index is -0.481. The highest BCUT2D eigenvalue weighted by Crippen LogP contribution is 2.21. The monoisotopic (exact) mass is 241 g/mol. The third-order valence-electron chi connectivity index (χ3n) is 3.14. The second-order valence-corrected chi connectivity index (χ2v) is 4.57. The lowest BCUT2D eigenvalue weighted by Crippen LogP contribution is -2.13. The van der Waals surface area contributed by atoms with E-state index in [0.717, 1.165) is 11.3 Å². The fourth-order valence-electron chi connectivity index (χ4n) is 2.09. The molecular weight excluding hydrogens is 222 g/mol. The van der Waals surface area contributed by atoms with Gasteiger partial charge in [-0.15, -0.1) is 0 Å². The number of hydrogen-bond donors (Lipinski definition) is 2. The van der Waals surface area contributed by atoms with Gasteiger partial charge in [-0.25, -0.2) is 0 Å². The van der Waals surface area contributed by atoms with Crippen LogP contribution in [0.4, 0.5) is 5.69 Å². The number of aryl methyl sites for hydroxylation is 2. The summed E-state index contributed by atoms with van der Waals surface area (Å²) in [5.74, 6) is 0. The Morgan fingerprint density at radius 2 is 1.56 bits per heavy atom. The second-order valence-electron chi connectivity index (χ2n) is 4.57. The summed E-state index contributed by atoms with van der Waals surface area (Å²) in [6.45, 7) is 4.67. The SMILES string of the molecule is Cc1cccc(C)c1NCC(O)c1ccccc1. The zero-order valence-electron chi connectivity index (χ0n) is 10.9. The molecule has 0 aliphatic rings. The van der Waals surface area contributed by atoms with Crippen LogP contribution in [0.15, 0.2) is 48.5 Å². The van der Waals surface area contributed by atoms with Gasteiger partial charge in [0.2, 0.25) is 0 Å². The van der Waals surface area contributed by atoms with Crippen molar-refractivity contribution in [1.82, 2.24) is 0 Å². The summed E-state index contributed by atoms with van der Waals surface area (Å²) >= 11 is 0. The summed E-state index contributed by atoms with van der Waals surface area (Å²) in [4.78, 5) is 0. The number of rotatable bonds is 4. The molecule has 94 valence electrons. The van der Waals surface area contributed by atoms with Crippen molar-refractivity contribution >= 4 is 5.69 Å². The first-order valence-electron chi connectivity index (χ1n) is 6.21. The van der Waals surface area contributed by atoms with Gasteiger partial charge in [0.15, 0.2) is 0 Å². The summed E-state index contributed by atoms with van der Waals surface area (Å²) in [5.41, 5.74) is 4.47. The van der Waals surface area contributed by atoms with Crippen molar-refractivity contribution in [3.8, 4) is 0 Å². The molecule has 2 aromatic carbocycles. The Kier molecular flexibility index (Phi) is 4.00. The average Bonchev–Trinajstić information content (AvgIpc) is 2.39. The smallest absolute Gasteiger partial charge is 0.0962 e. The number of aliphatic hydroxyl groups is 1. The van der Waals surface area contributed by atoms with E-state index in [-0.39, 0.29) is 0 Å². The Bertz CT molecular complexity index is 488. The Morgan fingerprint density at radius 1 is 0.944 bits per heavy atom. The van der Waals surface area contributed by atoms with Crippen molar-refractivity contribution in [3.63, 3.8) is 0 Å².